The molecule has 1 saturated carbocycles. The van der Waals surface area contributed by atoms with Crippen molar-refractivity contribution in [1.29, 1.82) is 0 Å². The lowest BCUT2D eigenvalue weighted by molar-refractivity contribution is -0.122. The Hall–Kier alpha value is -2.56. The number of nitrogens with zero attached hydrogens (tertiary/aromatic N) is 1. The zero-order valence-corrected chi connectivity index (χ0v) is 14.2. The second-order valence-electron chi connectivity index (χ2n) is 6.04. The molecule has 1 aliphatic rings. The maximum Gasteiger partial charge on any atom is 0.224 e. The number of aromatic nitrogens is 1. The summed E-state index contributed by atoms with van der Waals surface area (Å²) in [5, 5.41) is 2.98. The molecule has 1 amide bonds. The van der Waals surface area contributed by atoms with Crippen LogP contribution in [0.2, 0.25) is 0 Å². The van der Waals surface area contributed by atoms with Crippen molar-refractivity contribution in [3.05, 3.63) is 53.3 Å². The topological polar surface area (TPSA) is 60.5 Å². The first-order valence-electron chi connectivity index (χ1n) is 8.04. The van der Waals surface area contributed by atoms with Gasteiger partial charge in [0.05, 0.1) is 26.5 Å². The highest BCUT2D eigenvalue weighted by Gasteiger charge is 2.45. The van der Waals surface area contributed by atoms with E-state index in [1.165, 1.54) is 0 Å². The molecule has 5 nitrogen and oxygen atoms in total. The number of hydrogen-bond donors (Lipinski definition) is 1. The van der Waals surface area contributed by atoms with Gasteiger partial charge in [-0.25, -0.2) is 0 Å². The van der Waals surface area contributed by atoms with Crippen LogP contribution in [-0.2, 0) is 11.3 Å². The minimum Gasteiger partial charge on any atom is -0.497 e. The molecule has 1 N–H and O–H groups in total. The van der Waals surface area contributed by atoms with Crippen LogP contribution in [0.15, 0.2) is 36.4 Å². The lowest BCUT2D eigenvalue weighted by Crippen LogP contribution is -2.25. The van der Waals surface area contributed by atoms with Gasteiger partial charge in [-0.15, -0.1) is 0 Å². The molecule has 1 aliphatic carbocycles. The van der Waals surface area contributed by atoms with E-state index >= 15 is 0 Å². The van der Waals surface area contributed by atoms with Crippen LogP contribution >= 0.6 is 0 Å². The summed E-state index contributed by atoms with van der Waals surface area (Å²) in [4.78, 5) is 16.8. The summed E-state index contributed by atoms with van der Waals surface area (Å²) < 4.78 is 10.7. The highest BCUT2D eigenvalue weighted by molar-refractivity contribution is 5.83. The van der Waals surface area contributed by atoms with Gasteiger partial charge in [-0.3, -0.25) is 9.78 Å². The van der Waals surface area contributed by atoms with Gasteiger partial charge in [-0.05, 0) is 43.7 Å². The van der Waals surface area contributed by atoms with Crippen LogP contribution in [0, 0.1) is 12.8 Å². The van der Waals surface area contributed by atoms with Crippen molar-refractivity contribution in [1.82, 2.24) is 10.3 Å². The largest absolute Gasteiger partial charge is 0.497 e. The molecule has 0 saturated heterocycles. The van der Waals surface area contributed by atoms with E-state index in [0.29, 0.717) is 6.54 Å². The zero-order valence-electron chi connectivity index (χ0n) is 14.2. The average Bonchev–Trinajstić information content (AvgIpc) is 3.40. The average molecular weight is 326 g/mol. The minimum absolute atomic E-state index is 0.0178. The van der Waals surface area contributed by atoms with Crippen molar-refractivity contribution < 1.29 is 14.3 Å². The van der Waals surface area contributed by atoms with Gasteiger partial charge in [0.1, 0.15) is 11.5 Å². The summed E-state index contributed by atoms with van der Waals surface area (Å²) in [5.74, 6) is 1.81. The third kappa shape index (κ3) is 3.50. The van der Waals surface area contributed by atoms with Gasteiger partial charge >= 0.3 is 0 Å². The van der Waals surface area contributed by atoms with Crippen LogP contribution in [-0.4, -0.2) is 25.1 Å². The SMILES string of the molecule is COc1ccc(OC)c([C@H]2C[C@@H]2C(=O)NCc2cccc(C)n2)c1. The number of nitrogens with one attached hydrogen (secondary N) is 1. The highest BCUT2D eigenvalue weighted by Crippen LogP contribution is 2.51. The Kier molecular flexibility index (Phi) is 4.69. The number of rotatable bonds is 6. The first-order chi connectivity index (χ1) is 11.6. The van der Waals surface area contributed by atoms with E-state index in [9.17, 15) is 4.79 Å². The lowest BCUT2D eigenvalue weighted by atomic mass is 10.1. The Morgan fingerprint density at radius 3 is 2.79 bits per heavy atom. The van der Waals surface area contributed by atoms with E-state index in [0.717, 1.165) is 34.9 Å². The van der Waals surface area contributed by atoms with Crippen LogP contribution in [0.25, 0.3) is 0 Å². The summed E-state index contributed by atoms with van der Waals surface area (Å²) in [5.41, 5.74) is 2.86. The van der Waals surface area contributed by atoms with Gasteiger partial charge in [-0.2, -0.15) is 0 Å². The van der Waals surface area contributed by atoms with E-state index in [1.807, 2.05) is 43.3 Å². The molecule has 5 heteroatoms. The van der Waals surface area contributed by atoms with Gasteiger partial charge in [0.15, 0.2) is 0 Å². The van der Waals surface area contributed by atoms with Crippen molar-refractivity contribution in [3.8, 4) is 11.5 Å². The Morgan fingerprint density at radius 2 is 2.08 bits per heavy atom. The maximum atomic E-state index is 12.4. The number of ether oxygens (including phenoxy) is 2. The molecular weight excluding hydrogens is 304 g/mol. The molecule has 0 bridgehead atoms. The number of carbonyl (C=O) groups excluding carboxylic acids is 1. The quantitative estimate of drug-likeness (QED) is 0.887. The van der Waals surface area contributed by atoms with Gasteiger partial charge in [-0.1, -0.05) is 6.07 Å². The molecule has 126 valence electrons. The fraction of sp³-hybridized carbons (Fsp3) is 0.368. The van der Waals surface area contributed by atoms with Gasteiger partial charge < -0.3 is 14.8 Å². The van der Waals surface area contributed by atoms with Crippen LogP contribution in [0.3, 0.4) is 0 Å². The molecule has 0 radical (unpaired) electrons. The first kappa shape index (κ1) is 16.3. The number of carbonyl (C=O) groups is 1. The molecule has 3 rings (SSSR count). The third-order valence-corrected chi connectivity index (χ3v) is 4.35. The second-order valence-corrected chi connectivity index (χ2v) is 6.04. The summed E-state index contributed by atoms with van der Waals surface area (Å²) >= 11 is 0. The summed E-state index contributed by atoms with van der Waals surface area (Å²) in [6.07, 6.45) is 0.830. The summed E-state index contributed by atoms with van der Waals surface area (Å²) in [6.45, 7) is 2.40. The predicted molar refractivity (Wildman–Crippen MR) is 91.2 cm³/mol. The van der Waals surface area contributed by atoms with Crippen molar-refractivity contribution >= 4 is 5.91 Å². The highest BCUT2D eigenvalue weighted by atomic mass is 16.5. The fourth-order valence-electron chi connectivity index (χ4n) is 2.96. The van der Waals surface area contributed by atoms with Crippen molar-refractivity contribution in [2.24, 2.45) is 5.92 Å². The van der Waals surface area contributed by atoms with E-state index in [2.05, 4.69) is 10.3 Å². The monoisotopic (exact) mass is 326 g/mol. The van der Waals surface area contributed by atoms with Crippen molar-refractivity contribution in [2.45, 2.75) is 25.8 Å². The lowest BCUT2D eigenvalue weighted by Gasteiger charge is -2.10. The molecular formula is C19H22N2O3. The third-order valence-electron chi connectivity index (χ3n) is 4.35. The summed E-state index contributed by atoms with van der Waals surface area (Å²) in [6, 6.07) is 11.5. The van der Waals surface area contributed by atoms with Crippen molar-refractivity contribution in [2.75, 3.05) is 14.2 Å². The number of amides is 1. The molecule has 0 unspecified atom stereocenters. The summed E-state index contributed by atoms with van der Waals surface area (Å²) in [7, 11) is 3.28. The number of hydrogen-bond acceptors (Lipinski definition) is 4. The van der Waals surface area contributed by atoms with Crippen LogP contribution in [0.5, 0.6) is 11.5 Å². The number of pyridine rings is 1. The molecule has 2 aromatic rings. The molecule has 1 aromatic carbocycles. The minimum atomic E-state index is -0.0178. The van der Waals surface area contributed by atoms with Crippen LogP contribution in [0.1, 0.15) is 29.3 Å². The van der Waals surface area contributed by atoms with Crippen LogP contribution < -0.4 is 14.8 Å². The van der Waals surface area contributed by atoms with Crippen molar-refractivity contribution in [3.63, 3.8) is 0 Å². The van der Waals surface area contributed by atoms with Crippen LogP contribution in [0.4, 0.5) is 0 Å². The van der Waals surface area contributed by atoms with E-state index in [-0.39, 0.29) is 17.7 Å². The molecule has 0 spiro atoms. The number of methoxy groups -OCH3 is 2. The van der Waals surface area contributed by atoms with Gasteiger partial charge in [0.25, 0.3) is 0 Å². The normalized spacial score (nSPS) is 18.8. The fourth-order valence-corrected chi connectivity index (χ4v) is 2.96. The molecule has 24 heavy (non-hydrogen) atoms. The molecule has 1 aromatic heterocycles. The standard InChI is InChI=1S/C19H22N2O3/c1-12-5-4-6-13(21-12)11-20-19(22)17-10-15(17)16-9-14(23-2)7-8-18(16)24-3/h4-9,15,17H,10-11H2,1-3H3,(H,20,22)/t15-,17+/m1/s1. The Morgan fingerprint density at radius 1 is 1.25 bits per heavy atom. The van der Waals surface area contributed by atoms with E-state index < -0.39 is 0 Å². The number of benzene rings is 1. The number of aryl methyl sites for hydroxylation is 1. The van der Waals surface area contributed by atoms with E-state index in [4.69, 9.17) is 9.47 Å². The first-order valence-corrected chi connectivity index (χ1v) is 8.04. The Bertz CT molecular complexity index is 745. The predicted octanol–water partition coefficient (Wildman–Crippen LogP) is 2.83. The zero-order chi connectivity index (χ0) is 17.1. The molecule has 0 aliphatic heterocycles. The molecule has 2 atom stereocenters. The smallest absolute Gasteiger partial charge is 0.224 e. The van der Waals surface area contributed by atoms with Gasteiger partial charge in [0.2, 0.25) is 5.91 Å². The Labute approximate surface area is 142 Å². The molecule has 1 heterocycles. The second kappa shape index (κ2) is 6.91. The Balaban J connectivity index is 1.63. The van der Waals surface area contributed by atoms with Gasteiger partial charge in [0, 0.05) is 23.1 Å². The maximum absolute atomic E-state index is 12.4. The molecule has 1 fully saturated rings. The van der Waals surface area contributed by atoms with E-state index in [1.54, 1.807) is 14.2 Å².